The minimum atomic E-state index is 0.907. The zero-order valence-corrected chi connectivity index (χ0v) is 11.1. The monoisotopic (exact) mass is 261 g/mol. The van der Waals surface area contributed by atoms with Gasteiger partial charge >= 0.3 is 0 Å². The Labute approximate surface area is 97.4 Å². The molecule has 84 valence electrons. The van der Waals surface area contributed by atoms with E-state index in [1.165, 1.54) is 58.0 Å². The highest BCUT2D eigenvalue weighted by Crippen LogP contribution is 2.23. The summed E-state index contributed by atoms with van der Waals surface area (Å²) >= 11 is 3.56. The molecule has 0 spiro atoms. The van der Waals surface area contributed by atoms with Crippen molar-refractivity contribution in [2.24, 2.45) is 0 Å². The van der Waals surface area contributed by atoms with Gasteiger partial charge in [-0.1, -0.05) is 48.5 Å². The summed E-state index contributed by atoms with van der Waals surface area (Å²) in [5.74, 6) is 0. The van der Waals surface area contributed by atoms with Crippen LogP contribution in [-0.2, 0) is 0 Å². The fourth-order valence-electron chi connectivity index (χ4n) is 2.42. The summed E-state index contributed by atoms with van der Waals surface area (Å²) in [5.41, 5.74) is 0. The summed E-state index contributed by atoms with van der Waals surface area (Å²) in [6.45, 7) is 4.85. The largest absolute Gasteiger partial charge is 0.300 e. The SMILES string of the molecule is CCCCCN(CCBr)C1CCCC1. The summed E-state index contributed by atoms with van der Waals surface area (Å²) < 4.78 is 0. The van der Waals surface area contributed by atoms with E-state index in [-0.39, 0.29) is 0 Å². The lowest BCUT2D eigenvalue weighted by Crippen LogP contribution is -2.35. The van der Waals surface area contributed by atoms with Crippen LogP contribution in [0.4, 0.5) is 0 Å². The summed E-state index contributed by atoms with van der Waals surface area (Å²) in [6.07, 6.45) is 9.92. The van der Waals surface area contributed by atoms with Crippen molar-refractivity contribution in [1.29, 1.82) is 0 Å². The number of hydrogen-bond acceptors (Lipinski definition) is 1. The number of nitrogens with zero attached hydrogens (tertiary/aromatic N) is 1. The van der Waals surface area contributed by atoms with Crippen LogP contribution in [0.3, 0.4) is 0 Å². The molecule has 0 N–H and O–H groups in total. The third kappa shape index (κ3) is 4.31. The highest BCUT2D eigenvalue weighted by Gasteiger charge is 2.21. The van der Waals surface area contributed by atoms with E-state index in [0.717, 1.165) is 11.4 Å². The minimum absolute atomic E-state index is 0.907. The van der Waals surface area contributed by atoms with E-state index in [9.17, 15) is 0 Å². The molecule has 0 aromatic heterocycles. The lowest BCUT2D eigenvalue weighted by Gasteiger charge is -2.28. The van der Waals surface area contributed by atoms with Gasteiger partial charge in [-0.05, 0) is 25.8 Å². The van der Waals surface area contributed by atoms with E-state index in [1.54, 1.807) is 0 Å². The standard InChI is InChI=1S/C12H24BrN/c1-2-3-6-10-14(11-9-13)12-7-4-5-8-12/h12H,2-11H2,1H3. The second-order valence-corrected chi connectivity index (χ2v) is 5.16. The van der Waals surface area contributed by atoms with E-state index >= 15 is 0 Å². The van der Waals surface area contributed by atoms with Gasteiger partial charge in [0.25, 0.3) is 0 Å². The van der Waals surface area contributed by atoms with Gasteiger partial charge in [0.2, 0.25) is 0 Å². The van der Waals surface area contributed by atoms with E-state index in [0.29, 0.717) is 0 Å². The van der Waals surface area contributed by atoms with Crippen molar-refractivity contribution >= 4 is 15.9 Å². The lowest BCUT2D eigenvalue weighted by atomic mass is 10.2. The highest BCUT2D eigenvalue weighted by molar-refractivity contribution is 9.09. The average Bonchev–Trinajstić information content (AvgIpc) is 2.70. The highest BCUT2D eigenvalue weighted by atomic mass is 79.9. The zero-order chi connectivity index (χ0) is 10.2. The molecule has 0 radical (unpaired) electrons. The zero-order valence-electron chi connectivity index (χ0n) is 9.47. The molecule has 0 unspecified atom stereocenters. The molecule has 0 amide bonds. The summed E-state index contributed by atoms with van der Waals surface area (Å²) in [4.78, 5) is 2.71. The van der Waals surface area contributed by atoms with Gasteiger partial charge in [0.1, 0.15) is 0 Å². The van der Waals surface area contributed by atoms with Gasteiger partial charge in [-0.2, -0.15) is 0 Å². The molecule has 0 bridgehead atoms. The van der Waals surface area contributed by atoms with Gasteiger partial charge in [-0.25, -0.2) is 0 Å². The quantitative estimate of drug-likeness (QED) is 0.498. The number of rotatable bonds is 7. The summed E-state index contributed by atoms with van der Waals surface area (Å²) in [6, 6.07) is 0.907. The molecule has 1 fully saturated rings. The fraction of sp³-hybridized carbons (Fsp3) is 1.00. The molecule has 0 aromatic carbocycles. The van der Waals surface area contributed by atoms with Crippen LogP contribution in [0.15, 0.2) is 0 Å². The number of hydrogen-bond donors (Lipinski definition) is 0. The molecule has 0 aromatic rings. The van der Waals surface area contributed by atoms with Crippen molar-refractivity contribution in [3.05, 3.63) is 0 Å². The Bertz CT molecular complexity index is 132. The Hall–Kier alpha value is 0.440. The van der Waals surface area contributed by atoms with Gasteiger partial charge in [0.15, 0.2) is 0 Å². The van der Waals surface area contributed by atoms with Gasteiger partial charge in [-0.3, -0.25) is 4.90 Å². The maximum Gasteiger partial charge on any atom is 0.0159 e. The fourth-order valence-corrected chi connectivity index (χ4v) is 2.88. The summed E-state index contributed by atoms with van der Waals surface area (Å²) in [5, 5.41) is 1.13. The second kappa shape index (κ2) is 7.70. The van der Waals surface area contributed by atoms with Crippen molar-refractivity contribution in [3.8, 4) is 0 Å². The molecule has 1 rings (SSSR count). The first-order chi connectivity index (χ1) is 6.88. The van der Waals surface area contributed by atoms with Crippen molar-refractivity contribution in [1.82, 2.24) is 4.90 Å². The average molecular weight is 262 g/mol. The molecular weight excluding hydrogens is 238 g/mol. The second-order valence-electron chi connectivity index (χ2n) is 4.37. The Kier molecular flexibility index (Phi) is 6.88. The van der Waals surface area contributed by atoms with Crippen molar-refractivity contribution in [2.75, 3.05) is 18.4 Å². The first-order valence-electron chi connectivity index (χ1n) is 6.18. The van der Waals surface area contributed by atoms with Crippen LogP contribution < -0.4 is 0 Å². The van der Waals surface area contributed by atoms with Gasteiger partial charge < -0.3 is 0 Å². The van der Waals surface area contributed by atoms with E-state index in [2.05, 4.69) is 27.8 Å². The molecular formula is C12H24BrN. The van der Waals surface area contributed by atoms with Crippen LogP contribution in [0.2, 0.25) is 0 Å². The van der Waals surface area contributed by atoms with Crippen LogP contribution in [0.1, 0.15) is 51.9 Å². The predicted octanol–water partition coefficient (Wildman–Crippen LogP) is 3.82. The molecule has 1 saturated carbocycles. The lowest BCUT2D eigenvalue weighted by molar-refractivity contribution is 0.207. The Morgan fingerprint density at radius 2 is 1.86 bits per heavy atom. The minimum Gasteiger partial charge on any atom is -0.300 e. The Morgan fingerprint density at radius 1 is 1.14 bits per heavy atom. The van der Waals surface area contributed by atoms with Crippen molar-refractivity contribution in [3.63, 3.8) is 0 Å². The molecule has 0 heterocycles. The smallest absolute Gasteiger partial charge is 0.0159 e. The number of halogens is 1. The van der Waals surface area contributed by atoms with E-state index in [4.69, 9.17) is 0 Å². The first kappa shape index (κ1) is 12.5. The summed E-state index contributed by atoms with van der Waals surface area (Å²) in [7, 11) is 0. The third-order valence-corrected chi connectivity index (χ3v) is 3.62. The maximum atomic E-state index is 3.56. The Morgan fingerprint density at radius 3 is 2.43 bits per heavy atom. The normalized spacial score (nSPS) is 18.2. The molecule has 0 saturated heterocycles. The van der Waals surface area contributed by atoms with Crippen molar-refractivity contribution < 1.29 is 0 Å². The first-order valence-corrected chi connectivity index (χ1v) is 7.30. The van der Waals surface area contributed by atoms with Crippen molar-refractivity contribution in [2.45, 2.75) is 57.9 Å². The Balaban J connectivity index is 2.22. The number of unbranched alkanes of at least 4 members (excludes halogenated alkanes) is 2. The van der Waals surface area contributed by atoms with Crippen LogP contribution in [0.25, 0.3) is 0 Å². The van der Waals surface area contributed by atoms with Gasteiger partial charge in [0.05, 0.1) is 0 Å². The maximum absolute atomic E-state index is 3.56. The predicted molar refractivity (Wildman–Crippen MR) is 67.1 cm³/mol. The molecule has 2 heteroatoms. The topological polar surface area (TPSA) is 3.24 Å². The molecule has 1 nitrogen and oxygen atoms in total. The van der Waals surface area contributed by atoms with Crippen LogP contribution in [-0.4, -0.2) is 29.4 Å². The van der Waals surface area contributed by atoms with E-state index in [1.807, 2.05) is 0 Å². The molecule has 1 aliphatic carbocycles. The number of alkyl halides is 1. The molecule has 0 aliphatic heterocycles. The molecule has 0 atom stereocenters. The molecule has 1 aliphatic rings. The van der Waals surface area contributed by atoms with Crippen LogP contribution >= 0.6 is 15.9 Å². The van der Waals surface area contributed by atoms with Gasteiger partial charge in [-0.15, -0.1) is 0 Å². The van der Waals surface area contributed by atoms with Crippen LogP contribution in [0.5, 0.6) is 0 Å². The molecule has 14 heavy (non-hydrogen) atoms. The van der Waals surface area contributed by atoms with E-state index < -0.39 is 0 Å². The third-order valence-electron chi connectivity index (χ3n) is 3.26. The van der Waals surface area contributed by atoms with Gasteiger partial charge in [0, 0.05) is 17.9 Å². The van der Waals surface area contributed by atoms with Crippen LogP contribution in [0, 0.1) is 0 Å².